The van der Waals surface area contributed by atoms with Crippen molar-refractivity contribution >= 4 is 17.0 Å². The predicted molar refractivity (Wildman–Crippen MR) is 77.5 cm³/mol. The first-order valence-corrected chi connectivity index (χ1v) is 7.05. The average molecular weight is 278 g/mol. The lowest BCUT2D eigenvalue weighted by atomic mass is 9.94. The summed E-state index contributed by atoms with van der Waals surface area (Å²) in [6.45, 7) is 5.03. The summed E-state index contributed by atoms with van der Waals surface area (Å²) in [5.74, 6) is 0.723. The molecule has 0 aliphatic rings. The van der Waals surface area contributed by atoms with Crippen molar-refractivity contribution in [3.63, 3.8) is 0 Å². The predicted octanol–water partition coefficient (Wildman–Crippen LogP) is 2.54. The summed E-state index contributed by atoms with van der Waals surface area (Å²) >= 11 is 0. The van der Waals surface area contributed by atoms with Gasteiger partial charge in [0.1, 0.15) is 5.69 Å². The van der Waals surface area contributed by atoms with Crippen LogP contribution in [0.15, 0.2) is 22.8 Å². The van der Waals surface area contributed by atoms with Crippen LogP contribution < -0.4 is 5.32 Å². The molecule has 3 N–H and O–H groups in total. The van der Waals surface area contributed by atoms with Crippen LogP contribution in [-0.2, 0) is 0 Å². The van der Waals surface area contributed by atoms with Gasteiger partial charge in [0.25, 0.3) is 5.91 Å². The van der Waals surface area contributed by atoms with Crippen LogP contribution in [0.3, 0.4) is 0 Å². The van der Waals surface area contributed by atoms with Crippen molar-refractivity contribution in [1.29, 1.82) is 0 Å². The van der Waals surface area contributed by atoms with Gasteiger partial charge >= 0.3 is 0 Å². The maximum atomic E-state index is 12.1. The molecule has 5 heteroatoms. The highest BCUT2D eigenvalue weighted by molar-refractivity contribution is 5.96. The van der Waals surface area contributed by atoms with E-state index in [1.807, 2.05) is 0 Å². The lowest BCUT2D eigenvalue weighted by molar-refractivity contribution is 0.0937. The van der Waals surface area contributed by atoms with Crippen LogP contribution in [0.1, 0.15) is 37.2 Å². The number of carbonyl (C=O) groups excluding carboxylic acids is 1. The second-order valence-electron chi connectivity index (χ2n) is 5.60. The van der Waals surface area contributed by atoms with Crippen molar-refractivity contribution in [2.24, 2.45) is 11.8 Å². The lowest BCUT2D eigenvalue weighted by Gasteiger charge is -2.18. The van der Waals surface area contributed by atoms with E-state index in [4.69, 9.17) is 9.52 Å². The summed E-state index contributed by atoms with van der Waals surface area (Å²) in [6, 6.07) is 3.49. The molecule has 1 amide bonds. The third-order valence-corrected chi connectivity index (χ3v) is 3.38. The van der Waals surface area contributed by atoms with Crippen LogP contribution in [0.4, 0.5) is 0 Å². The smallest absolute Gasteiger partial charge is 0.267 e. The Bertz CT molecular complexity index is 528. The molecule has 2 heterocycles. The molecule has 1 unspecified atom stereocenters. The molecule has 0 saturated carbocycles. The van der Waals surface area contributed by atoms with E-state index in [0.29, 0.717) is 36.1 Å². The van der Waals surface area contributed by atoms with Crippen molar-refractivity contribution in [1.82, 2.24) is 10.3 Å². The van der Waals surface area contributed by atoms with Gasteiger partial charge in [0.2, 0.25) is 0 Å². The molecule has 0 aliphatic carbocycles. The van der Waals surface area contributed by atoms with Crippen molar-refractivity contribution in [2.45, 2.75) is 26.7 Å². The van der Waals surface area contributed by atoms with Gasteiger partial charge in [0.05, 0.1) is 11.8 Å². The fourth-order valence-electron chi connectivity index (χ4n) is 2.46. The maximum absolute atomic E-state index is 12.1. The number of aromatic nitrogens is 1. The van der Waals surface area contributed by atoms with E-state index in [2.05, 4.69) is 24.1 Å². The van der Waals surface area contributed by atoms with E-state index in [1.54, 1.807) is 18.4 Å². The highest BCUT2D eigenvalue weighted by Gasteiger charge is 2.15. The first kappa shape index (κ1) is 14.7. The summed E-state index contributed by atoms with van der Waals surface area (Å²) in [5, 5.41) is 12.0. The zero-order chi connectivity index (χ0) is 14.5. The van der Waals surface area contributed by atoms with Crippen LogP contribution in [-0.4, -0.2) is 29.1 Å². The molecule has 0 aromatic carbocycles. The minimum absolute atomic E-state index is 0.136. The van der Waals surface area contributed by atoms with E-state index in [1.165, 1.54) is 0 Å². The Morgan fingerprint density at radius 2 is 2.30 bits per heavy atom. The van der Waals surface area contributed by atoms with Gasteiger partial charge in [-0.1, -0.05) is 13.8 Å². The Morgan fingerprint density at radius 1 is 1.50 bits per heavy atom. The highest BCUT2D eigenvalue weighted by atomic mass is 16.3. The zero-order valence-electron chi connectivity index (χ0n) is 12.0. The van der Waals surface area contributed by atoms with Gasteiger partial charge in [-0.15, -0.1) is 0 Å². The standard InChI is InChI=1S/C15H22N2O3/c1-10(2)7-11(3-5-18)9-16-15(19)13-8-14-12(17-13)4-6-20-14/h4,6,8,10-11,17-18H,3,5,7,9H2,1-2H3,(H,16,19). The van der Waals surface area contributed by atoms with E-state index in [9.17, 15) is 4.79 Å². The van der Waals surface area contributed by atoms with Crippen molar-refractivity contribution in [3.05, 3.63) is 24.1 Å². The summed E-state index contributed by atoms with van der Waals surface area (Å²) < 4.78 is 5.22. The third kappa shape index (κ3) is 3.63. The Hall–Kier alpha value is -1.75. The van der Waals surface area contributed by atoms with Gasteiger partial charge in [-0.2, -0.15) is 0 Å². The molecule has 1 atom stereocenters. The molecule has 0 spiro atoms. The van der Waals surface area contributed by atoms with Crippen molar-refractivity contribution in [2.75, 3.05) is 13.2 Å². The molecule has 0 bridgehead atoms. The summed E-state index contributed by atoms with van der Waals surface area (Å²) in [5.41, 5.74) is 2.01. The molecule has 2 aromatic heterocycles. The molecule has 20 heavy (non-hydrogen) atoms. The van der Waals surface area contributed by atoms with Crippen LogP contribution in [0.2, 0.25) is 0 Å². The molecule has 5 nitrogen and oxygen atoms in total. The number of fused-ring (bicyclic) bond motifs is 1. The van der Waals surface area contributed by atoms with E-state index in [0.717, 1.165) is 11.9 Å². The van der Waals surface area contributed by atoms with Crippen LogP contribution in [0, 0.1) is 11.8 Å². The number of hydrogen-bond donors (Lipinski definition) is 3. The minimum atomic E-state index is -0.136. The largest absolute Gasteiger partial charge is 0.463 e. The summed E-state index contributed by atoms with van der Waals surface area (Å²) in [4.78, 5) is 15.1. The van der Waals surface area contributed by atoms with E-state index in [-0.39, 0.29) is 12.5 Å². The van der Waals surface area contributed by atoms with Crippen LogP contribution >= 0.6 is 0 Å². The topological polar surface area (TPSA) is 78.3 Å². The molecule has 0 fully saturated rings. The van der Waals surface area contributed by atoms with Gasteiger partial charge in [-0.25, -0.2) is 0 Å². The monoisotopic (exact) mass is 278 g/mol. The molecular weight excluding hydrogens is 256 g/mol. The number of nitrogens with one attached hydrogen (secondary N) is 2. The summed E-state index contributed by atoms with van der Waals surface area (Å²) in [6.07, 6.45) is 3.29. The number of aromatic amines is 1. The highest BCUT2D eigenvalue weighted by Crippen LogP contribution is 2.17. The second-order valence-corrected chi connectivity index (χ2v) is 5.60. The summed E-state index contributed by atoms with van der Waals surface area (Å²) in [7, 11) is 0. The van der Waals surface area contributed by atoms with E-state index >= 15 is 0 Å². The lowest BCUT2D eigenvalue weighted by Crippen LogP contribution is -2.30. The normalized spacial score (nSPS) is 13.0. The van der Waals surface area contributed by atoms with Gasteiger partial charge in [-0.05, 0) is 24.7 Å². The number of aliphatic hydroxyl groups is 1. The van der Waals surface area contributed by atoms with Crippen LogP contribution in [0.5, 0.6) is 0 Å². The van der Waals surface area contributed by atoms with Crippen LogP contribution in [0.25, 0.3) is 11.1 Å². The van der Waals surface area contributed by atoms with E-state index < -0.39 is 0 Å². The molecule has 0 aliphatic heterocycles. The molecule has 110 valence electrons. The van der Waals surface area contributed by atoms with Gasteiger partial charge in [-0.3, -0.25) is 4.79 Å². The number of H-pyrrole nitrogens is 1. The quantitative estimate of drug-likeness (QED) is 0.728. The number of carbonyl (C=O) groups is 1. The fourth-order valence-corrected chi connectivity index (χ4v) is 2.46. The average Bonchev–Trinajstić information content (AvgIpc) is 2.95. The maximum Gasteiger partial charge on any atom is 0.267 e. The first-order chi connectivity index (χ1) is 9.60. The fraction of sp³-hybridized carbons (Fsp3) is 0.533. The molecule has 2 rings (SSSR count). The Balaban J connectivity index is 1.91. The van der Waals surface area contributed by atoms with Gasteiger partial charge in [0.15, 0.2) is 5.58 Å². The zero-order valence-corrected chi connectivity index (χ0v) is 12.0. The van der Waals surface area contributed by atoms with Gasteiger partial charge < -0.3 is 19.8 Å². The number of hydrogen-bond acceptors (Lipinski definition) is 3. The molecule has 2 aromatic rings. The van der Waals surface area contributed by atoms with Crippen molar-refractivity contribution < 1.29 is 14.3 Å². The van der Waals surface area contributed by atoms with Crippen molar-refractivity contribution in [3.8, 4) is 0 Å². The number of amides is 1. The van der Waals surface area contributed by atoms with Gasteiger partial charge in [0, 0.05) is 25.3 Å². The Morgan fingerprint density at radius 3 is 2.95 bits per heavy atom. The first-order valence-electron chi connectivity index (χ1n) is 7.05. The number of rotatable bonds is 7. The third-order valence-electron chi connectivity index (χ3n) is 3.38. The molecular formula is C15H22N2O3. The Kier molecular flexibility index (Phi) is 4.84. The molecule has 0 radical (unpaired) electrons. The minimum Gasteiger partial charge on any atom is -0.463 e. The second kappa shape index (κ2) is 6.61. The number of aliphatic hydroxyl groups excluding tert-OH is 1. The molecule has 0 saturated heterocycles. The number of furan rings is 1. The SMILES string of the molecule is CC(C)CC(CCO)CNC(=O)c1cc2occc2[nH]1. The Labute approximate surface area is 118 Å².